The third-order valence-corrected chi connectivity index (χ3v) is 4.32. The first-order valence-electron chi connectivity index (χ1n) is 6.09. The summed E-state index contributed by atoms with van der Waals surface area (Å²) in [7, 11) is 0. The van der Waals surface area contributed by atoms with E-state index in [0.29, 0.717) is 11.5 Å². The summed E-state index contributed by atoms with van der Waals surface area (Å²) >= 11 is 0. The van der Waals surface area contributed by atoms with Gasteiger partial charge in [-0.2, -0.15) is 0 Å². The number of nitrogens with zero attached hydrogens (tertiary/aromatic N) is 1. The highest BCUT2D eigenvalue weighted by Gasteiger charge is 2.35. The van der Waals surface area contributed by atoms with Crippen molar-refractivity contribution in [2.75, 3.05) is 13.1 Å². The number of likely N-dealkylation sites (tertiary alicyclic amines) is 1. The molecule has 2 N–H and O–H groups in total. The topological polar surface area (TPSA) is 29.3 Å². The van der Waals surface area contributed by atoms with E-state index in [0.717, 1.165) is 12.6 Å². The Hall–Kier alpha value is -0.0800. The van der Waals surface area contributed by atoms with Crippen LogP contribution in [0.15, 0.2) is 0 Å². The van der Waals surface area contributed by atoms with Crippen LogP contribution in [-0.4, -0.2) is 30.1 Å². The summed E-state index contributed by atoms with van der Waals surface area (Å²) in [5.74, 6) is 0. The summed E-state index contributed by atoms with van der Waals surface area (Å²) in [6, 6.07) is 1.23. The van der Waals surface area contributed by atoms with Crippen molar-refractivity contribution in [3.63, 3.8) is 0 Å². The van der Waals surface area contributed by atoms with Crippen LogP contribution in [0.4, 0.5) is 0 Å². The lowest BCUT2D eigenvalue weighted by molar-refractivity contribution is 0.0745. The van der Waals surface area contributed by atoms with Gasteiger partial charge in [0.1, 0.15) is 0 Å². The van der Waals surface area contributed by atoms with Crippen molar-refractivity contribution >= 4 is 0 Å². The zero-order valence-electron chi connectivity index (χ0n) is 9.63. The minimum atomic E-state index is 0.356. The second-order valence-corrected chi connectivity index (χ2v) is 5.78. The average Bonchev–Trinajstić information content (AvgIpc) is 2.62. The van der Waals surface area contributed by atoms with E-state index in [1.54, 1.807) is 0 Å². The Morgan fingerprint density at radius 1 is 1.21 bits per heavy atom. The van der Waals surface area contributed by atoms with Crippen molar-refractivity contribution in [3.8, 4) is 0 Å². The molecule has 82 valence electrons. The molecule has 2 fully saturated rings. The van der Waals surface area contributed by atoms with E-state index in [9.17, 15) is 0 Å². The number of piperidine rings is 1. The van der Waals surface area contributed by atoms with Crippen molar-refractivity contribution in [1.82, 2.24) is 4.90 Å². The molecule has 1 atom stereocenters. The Kier molecular flexibility index (Phi) is 2.85. The van der Waals surface area contributed by atoms with Crippen LogP contribution in [0.1, 0.15) is 46.0 Å². The van der Waals surface area contributed by atoms with Gasteiger partial charge in [-0.05, 0) is 31.2 Å². The summed E-state index contributed by atoms with van der Waals surface area (Å²) in [5, 5.41) is 0. The molecule has 1 saturated heterocycles. The molecule has 2 rings (SSSR count). The molecule has 2 nitrogen and oxygen atoms in total. The van der Waals surface area contributed by atoms with Gasteiger partial charge in [0.2, 0.25) is 0 Å². The van der Waals surface area contributed by atoms with Gasteiger partial charge in [0.15, 0.2) is 0 Å². The quantitative estimate of drug-likeness (QED) is 0.695. The Bertz CT molecular complexity index is 194. The standard InChI is InChI=1S/C12H24N2/c1-12(2)7-8-14(9-11(12)13)10-5-3-4-6-10/h10-11H,3-9,13H2,1-2H3. The number of hydrogen-bond donors (Lipinski definition) is 1. The van der Waals surface area contributed by atoms with E-state index in [2.05, 4.69) is 18.7 Å². The van der Waals surface area contributed by atoms with Gasteiger partial charge in [0.25, 0.3) is 0 Å². The molecule has 2 aliphatic rings. The lowest BCUT2D eigenvalue weighted by Crippen LogP contribution is -2.55. The third kappa shape index (κ3) is 1.96. The maximum atomic E-state index is 6.23. The highest BCUT2D eigenvalue weighted by Crippen LogP contribution is 2.33. The van der Waals surface area contributed by atoms with Crippen molar-refractivity contribution in [1.29, 1.82) is 0 Å². The fourth-order valence-electron chi connectivity index (χ4n) is 2.81. The SMILES string of the molecule is CC1(C)CCN(C2CCCC2)CC1N. The second-order valence-electron chi connectivity index (χ2n) is 5.78. The zero-order chi connectivity index (χ0) is 10.2. The van der Waals surface area contributed by atoms with Crippen molar-refractivity contribution in [2.45, 2.75) is 58.0 Å². The molecule has 2 heteroatoms. The molecule has 1 heterocycles. The molecule has 1 aliphatic heterocycles. The number of nitrogens with two attached hydrogens (primary N) is 1. The summed E-state index contributed by atoms with van der Waals surface area (Å²) in [5.41, 5.74) is 6.59. The largest absolute Gasteiger partial charge is 0.326 e. The van der Waals surface area contributed by atoms with E-state index in [1.165, 1.54) is 38.6 Å². The summed E-state index contributed by atoms with van der Waals surface area (Å²) in [4.78, 5) is 2.64. The molecule has 1 saturated carbocycles. The van der Waals surface area contributed by atoms with Crippen LogP contribution >= 0.6 is 0 Å². The fourth-order valence-corrected chi connectivity index (χ4v) is 2.81. The minimum absolute atomic E-state index is 0.356. The molecule has 0 spiro atoms. The van der Waals surface area contributed by atoms with E-state index in [4.69, 9.17) is 5.73 Å². The number of rotatable bonds is 1. The molecule has 0 radical (unpaired) electrons. The van der Waals surface area contributed by atoms with Gasteiger partial charge in [0.05, 0.1) is 0 Å². The Labute approximate surface area is 87.8 Å². The molecule has 14 heavy (non-hydrogen) atoms. The number of hydrogen-bond acceptors (Lipinski definition) is 2. The van der Waals surface area contributed by atoms with Gasteiger partial charge in [0, 0.05) is 18.6 Å². The monoisotopic (exact) mass is 196 g/mol. The van der Waals surface area contributed by atoms with Crippen molar-refractivity contribution in [2.24, 2.45) is 11.1 Å². The van der Waals surface area contributed by atoms with E-state index >= 15 is 0 Å². The summed E-state index contributed by atoms with van der Waals surface area (Å²) in [6.45, 7) is 7.01. The smallest absolute Gasteiger partial charge is 0.0220 e. The zero-order valence-corrected chi connectivity index (χ0v) is 9.63. The van der Waals surface area contributed by atoms with Gasteiger partial charge < -0.3 is 5.73 Å². The first-order chi connectivity index (χ1) is 6.59. The van der Waals surface area contributed by atoms with Crippen LogP contribution in [-0.2, 0) is 0 Å². The summed E-state index contributed by atoms with van der Waals surface area (Å²) < 4.78 is 0. The van der Waals surface area contributed by atoms with Gasteiger partial charge in [-0.15, -0.1) is 0 Å². The molecule has 0 aromatic carbocycles. The van der Waals surface area contributed by atoms with Crippen LogP contribution < -0.4 is 5.73 Å². The molecule has 0 bridgehead atoms. The first kappa shape index (κ1) is 10.4. The third-order valence-electron chi connectivity index (χ3n) is 4.32. The second kappa shape index (κ2) is 3.82. The molecular formula is C12H24N2. The molecule has 0 aromatic rings. The molecule has 1 unspecified atom stereocenters. The minimum Gasteiger partial charge on any atom is -0.326 e. The molecule has 0 aromatic heterocycles. The van der Waals surface area contributed by atoms with Crippen molar-refractivity contribution < 1.29 is 0 Å². The molecule has 1 aliphatic carbocycles. The predicted octanol–water partition coefficient (Wildman–Crippen LogP) is 1.99. The normalized spacial score (nSPS) is 34.9. The average molecular weight is 196 g/mol. The Morgan fingerprint density at radius 3 is 2.43 bits per heavy atom. The summed E-state index contributed by atoms with van der Waals surface area (Å²) in [6.07, 6.45) is 6.95. The molecule has 0 amide bonds. The van der Waals surface area contributed by atoms with Crippen LogP contribution in [0.5, 0.6) is 0 Å². The maximum Gasteiger partial charge on any atom is 0.0220 e. The van der Waals surface area contributed by atoms with Gasteiger partial charge in [-0.1, -0.05) is 26.7 Å². The van der Waals surface area contributed by atoms with Crippen LogP contribution in [0.25, 0.3) is 0 Å². The lowest BCUT2D eigenvalue weighted by atomic mass is 9.78. The fraction of sp³-hybridized carbons (Fsp3) is 1.00. The molecular weight excluding hydrogens is 172 g/mol. The highest BCUT2D eigenvalue weighted by molar-refractivity contribution is 4.92. The van der Waals surface area contributed by atoms with Gasteiger partial charge in [-0.3, -0.25) is 4.90 Å². The van der Waals surface area contributed by atoms with E-state index in [-0.39, 0.29) is 0 Å². The maximum absolute atomic E-state index is 6.23. The van der Waals surface area contributed by atoms with Crippen molar-refractivity contribution in [3.05, 3.63) is 0 Å². The highest BCUT2D eigenvalue weighted by atomic mass is 15.2. The van der Waals surface area contributed by atoms with E-state index in [1.807, 2.05) is 0 Å². The van der Waals surface area contributed by atoms with Crippen LogP contribution in [0.2, 0.25) is 0 Å². The Morgan fingerprint density at radius 2 is 1.86 bits per heavy atom. The van der Waals surface area contributed by atoms with Crippen LogP contribution in [0.3, 0.4) is 0 Å². The van der Waals surface area contributed by atoms with E-state index < -0.39 is 0 Å². The predicted molar refractivity (Wildman–Crippen MR) is 60.2 cm³/mol. The van der Waals surface area contributed by atoms with Gasteiger partial charge in [-0.25, -0.2) is 0 Å². The Balaban J connectivity index is 1.92. The van der Waals surface area contributed by atoms with Crippen LogP contribution in [0, 0.1) is 5.41 Å². The van der Waals surface area contributed by atoms with Gasteiger partial charge >= 0.3 is 0 Å². The first-order valence-corrected chi connectivity index (χ1v) is 6.09. The lowest BCUT2D eigenvalue weighted by Gasteiger charge is -2.44.